The molecule has 1 aliphatic heterocycles. The summed E-state index contributed by atoms with van der Waals surface area (Å²) in [6.07, 6.45) is 5.07. The molecule has 0 radical (unpaired) electrons. The first kappa shape index (κ1) is 23.6. The number of halogens is 2. The summed E-state index contributed by atoms with van der Waals surface area (Å²) in [5, 5.41) is 5.35. The molecule has 0 atom stereocenters. The number of nitrogens with two attached hydrogens (primary N) is 1. The molecule has 1 aliphatic rings. The van der Waals surface area contributed by atoms with Crippen molar-refractivity contribution in [2.24, 2.45) is 0 Å². The van der Waals surface area contributed by atoms with E-state index in [9.17, 15) is 8.78 Å². The first-order chi connectivity index (χ1) is 18.0. The van der Waals surface area contributed by atoms with Crippen LogP contribution in [0.4, 0.5) is 14.7 Å². The maximum atomic E-state index is 13.8. The van der Waals surface area contributed by atoms with Gasteiger partial charge in [0.1, 0.15) is 17.3 Å². The van der Waals surface area contributed by atoms with Crippen LogP contribution in [0.25, 0.3) is 28.3 Å². The maximum absolute atomic E-state index is 13.8. The normalized spacial score (nSPS) is 15.3. The number of anilines is 1. The van der Waals surface area contributed by atoms with Gasteiger partial charge in [0.15, 0.2) is 11.4 Å². The Morgan fingerprint density at radius 1 is 0.919 bits per heavy atom. The zero-order chi connectivity index (χ0) is 25.4. The number of rotatable bonds is 8. The number of aryl methyl sites for hydroxylation is 1. The average molecular weight is 507 g/mol. The highest BCUT2D eigenvalue weighted by Gasteiger charge is 2.19. The molecule has 1 fully saturated rings. The van der Waals surface area contributed by atoms with Crippen LogP contribution in [0.3, 0.4) is 0 Å². The summed E-state index contributed by atoms with van der Waals surface area (Å²) in [6, 6.07) is 9.43. The number of aromatic nitrogens is 5. The van der Waals surface area contributed by atoms with E-state index in [4.69, 9.17) is 10.2 Å². The second-order valence-corrected chi connectivity index (χ2v) is 9.39. The van der Waals surface area contributed by atoms with Gasteiger partial charge in [0.05, 0.1) is 11.6 Å². The Morgan fingerprint density at radius 3 is 2.49 bits per heavy atom. The van der Waals surface area contributed by atoms with Gasteiger partial charge in [-0.25, -0.2) is 13.8 Å². The fourth-order valence-electron chi connectivity index (χ4n) is 4.96. The maximum Gasteiger partial charge on any atom is 0.225 e. The second kappa shape index (κ2) is 9.91. The van der Waals surface area contributed by atoms with E-state index in [1.165, 1.54) is 6.07 Å². The highest BCUT2D eigenvalue weighted by Crippen LogP contribution is 2.24. The van der Waals surface area contributed by atoms with Gasteiger partial charge >= 0.3 is 0 Å². The summed E-state index contributed by atoms with van der Waals surface area (Å²) in [5.41, 5.74) is 8.23. The minimum atomic E-state index is -0.532. The molecule has 192 valence electrons. The summed E-state index contributed by atoms with van der Waals surface area (Å²) in [4.78, 5) is 14.1. The lowest BCUT2D eigenvalue weighted by atomic mass is 10.1. The van der Waals surface area contributed by atoms with Gasteiger partial charge in [-0.1, -0.05) is 6.07 Å². The lowest BCUT2D eigenvalue weighted by molar-refractivity contribution is 0.128. The summed E-state index contributed by atoms with van der Waals surface area (Å²) < 4.78 is 36.0. The SMILES string of the molecule is Nc1nc2c(ccn2CCN2CCN(CCCc3ccc(F)cc3F)CC2)c2nc(-c3ccco3)nn12. The van der Waals surface area contributed by atoms with E-state index >= 15 is 0 Å². The third kappa shape index (κ3) is 4.79. The van der Waals surface area contributed by atoms with Crippen LogP contribution in [0, 0.1) is 11.6 Å². The molecule has 9 nitrogen and oxygen atoms in total. The van der Waals surface area contributed by atoms with E-state index in [0.29, 0.717) is 29.2 Å². The Bertz CT molecular complexity index is 1520. The number of benzene rings is 1. The van der Waals surface area contributed by atoms with Gasteiger partial charge in [0.2, 0.25) is 11.8 Å². The fraction of sp³-hybridized carbons (Fsp3) is 0.346. The smallest absolute Gasteiger partial charge is 0.225 e. The molecule has 0 spiro atoms. The van der Waals surface area contributed by atoms with Crippen LogP contribution in [0.1, 0.15) is 12.0 Å². The van der Waals surface area contributed by atoms with Gasteiger partial charge in [0.25, 0.3) is 0 Å². The third-order valence-corrected chi connectivity index (χ3v) is 7.02. The van der Waals surface area contributed by atoms with Crippen LogP contribution in [0.2, 0.25) is 0 Å². The zero-order valence-corrected chi connectivity index (χ0v) is 20.4. The number of hydrogen-bond acceptors (Lipinski definition) is 7. The van der Waals surface area contributed by atoms with Gasteiger partial charge in [0, 0.05) is 51.5 Å². The van der Waals surface area contributed by atoms with Crippen molar-refractivity contribution in [3.63, 3.8) is 0 Å². The van der Waals surface area contributed by atoms with E-state index in [1.54, 1.807) is 22.9 Å². The van der Waals surface area contributed by atoms with E-state index in [-0.39, 0.29) is 5.95 Å². The molecule has 5 aromatic rings. The minimum Gasteiger partial charge on any atom is -0.461 e. The highest BCUT2D eigenvalue weighted by atomic mass is 19.1. The quantitative estimate of drug-likeness (QED) is 0.345. The molecule has 0 aliphatic carbocycles. The number of nitrogens with zero attached hydrogens (tertiary/aromatic N) is 7. The second-order valence-electron chi connectivity index (χ2n) is 9.39. The predicted molar refractivity (Wildman–Crippen MR) is 136 cm³/mol. The highest BCUT2D eigenvalue weighted by molar-refractivity contribution is 5.91. The molecule has 11 heteroatoms. The summed E-state index contributed by atoms with van der Waals surface area (Å²) in [7, 11) is 0. The van der Waals surface area contributed by atoms with Gasteiger partial charge in [-0.2, -0.15) is 9.50 Å². The minimum absolute atomic E-state index is 0.280. The Kier molecular flexibility index (Phi) is 6.31. The van der Waals surface area contributed by atoms with Gasteiger partial charge < -0.3 is 19.6 Å². The van der Waals surface area contributed by atoms with E-state index < -0.39 is 11.6 Å². The number of fused-ring (bicyclic) bond motifs is 3. The van der Waals surface area contributed by atoms with Gasteiger partial charge in [-0.15, -0.1) is 5.10 Å². The zero-order valence-electron chi connectivity index (χ0n) is 20.4. The van der Waals surface area contributed by atoms with Gasteiger partial charge in [-0.05, 0) is 49.2 Å². The molecule has 0 unspecified atom stereocenters. The van der Waals surface area contributed by atoms with E-state index in [0.717, 1.165) is 69.3 Å². The summed E-state index contributed by atoms with van der Waals surface area (Å²) >= 11 is 0. The Labute approximate surface area is 212 Å². The first-order valence-electron chi connectivity index (χ1n) is 12.5. The van der Waals surface area contributed by atoms with Crippen LogP contribution in [0.15, 0.2) is 53.3 Å². The molecule has 1 saturated heterocycles. The lowest BCUT2D eigenvalue weighted by Gasteiger charge is -2.34. The fourth-order valence-corrected chi connectivity index (χ4v) is 4.96. The van der Waals surface area contributed by atoms with Crippen molar-refractivity contribution in [1.29, 1.82) is 0 Å². The average Bonchev–Trinajstić information content (AvgIpc) is 3.65. The molecule has 37 heavy (non-hydrogen) atoms. The number of furan rings is 1. The number of piperazine rings is 1. The van der Waals surface area contributed by atoms with Crippen molar-refractivity contribution < 1.29 is 13.2 Å². The summed E-state index contributed by atoms with van der Waals surface area (Å²) in [5.74, 6) is 0.343. The standard InChI is InChI=1S/C26H28F2N8O/c27-19-6-5-18(21(28)17-19)3-1-8-33-10-12-34(13-11-33)14-15-35-9-7-20-24(35)31-26(29)36-25(20)30-23(32-36)22-4-2-16-37-22/h2,4-7,9,16-17H,1,3,8,10-15H2,(H2,29,31). The Hall–Kier alpha value is -3.83. The van der Waals surface area contributed by atoms with Crippen LogP contribution < -0.4 is 5.73 Å². The molecule has 2 N–H and O–H groups in total. The Morgan fingerprint density at radius 2 is 1.73 bits per heavy atom. The van der Waals surface area contributed by atoms with Crippen molar-refractivity contribution in [3.05, 3.63) is 66.1 Å². The van der Waals surface area contributed by atoms with Crippen molar-refractivity contribution in [1.82, 2.24) is 33.9 Å². The van der Waals surface area contributed by atoms with Crippen molar-refractivity contribution in [2.75, 3.05) is 45.0 Å². The first-order valence-corrected chi connectivity index (χ1v) is 12.5. The van der Waals surface area contributed by atoms with Crippen molar-refractivity contribution in [3.8, 4) is 11.6 Å². The molecule has 4 aromatic heterocycles. The molecule has 0 amide bonds. The monoisotopic (exact) mass is 506 g/mol. The molecule has 0 saturated carbocycles. The van der Waals surface area contributed by atoms with Crippen LogP contribution in [-0.2, 0) is 13.0 Å². The third-order valence-electron chi connectivity index (χ3n) is 7.02. The van der Waals surface area contributed by atoms with E-state index in [1.807, 2.05) is 18.3 Å². The lowest BCUT2D eigenvalue weighted by Crippen LogP contribution is -2.47. The Balaban J connectivity index is 1.04. The van der Waals surface area contributed by atoms with Crippen molar-refractivity contribution >= 4 is 22.6 Å². The largest absolute Gasteiger partial charge is 0.461 e. The predicted octanol–water partition coefficient (Wildman–Crippen LogP) is 3.45. The molecule has 0 bridgehead atoms. The van der Waals surface area contributed by atoms with Crippen LogP contribution >= 0.6 is 0 Å². The van der Waals surface area contributed by atoms with E-state index in [2.05, 4.69) is 29.4 Å². The van der Waals surface area contributed by atoms with Crippen LogP contribution in [-0.4, -0.2) is 73.2 Å². The van der Waals surface area contributed by atoms with Gasteiger partial charge in [-0.3, -0.25) is 4.90 Å². The molecule has 6 rings (SSSR count). The topological polar surface area (TPSA) is 93.6 Å². The number of hydrogen-bond donors (Lipinski definition) is 1. The molecule has 5 heterocycles. The van der Waals surface area contributed by atoms with Crippen molar-refractivity contribution in [2.45, 2.75) is 19.4 Å². The molecular weight excluding hydrogens is 478 g/mol. The van der Waals surface area contributed by atoms with Crippen LogP contribution in [0.5, 0.6) is 0 Å². The molecular formula is C26H28F2N8O. The number of nitrogen functional groups attached to an aromatic ring is 1. The molecule has 1 aromatic carbocycles. The summed E-state index contributed by atoms with van der Waals surface area (Å²) in [6.45, 7) is 6.48.